The smallest absolute Gasteiger partial charge is 0.407 e. The molecule has 0 radical (unpaired) electrons. The number of fused-ring (bicyclic) bond motifs is 3. The molecule has 7 nitrogen and oxygen atoms in total. The Morgan fingerprint density at radius 1 is 1.03 bits per heavy atom. The molecule has 1 aliphatic rings. The molecular formula is C24H28N2O5. The molecule has 0 fully saturated rings. The standard InChI is InChI=1S/C24H28N2O5/c1-3-8-16(23(28)29)13-25-22(27)15(2)26-24(30)31-14-21-19-11-6-4-9-17(19)18-10-5-7-12-20(18)21/h4-7,9-12,15-16,21H,3,8,13-14H2,1-2H3,(H,25,27)(H,26,30)(H,28,29)/t15-,16?/m1/s1. The topological polar surface area (TPSA) is 105 Å². The van der Waals surface area contributed by atoms with E-state index >= 15 is 0 Å². The van der Waals surface area contributed by atoms with E-state index < -0.39 is 29.9 Å². The molecule has 1 unspecified atom stereocenters. The van der Waals surface area contributed by atoms with Crippen molar-refractivity contribution in [1.82, 2.24) is 10.6 Å². The number of amides is 2. The number of alkyl carbamates (subject to hydrolysis) is 1. The Balaban J connectivity index is 1.53. The normalized spacial score (nSPS) is 14.1. The van der Waals surface area contributed by atoms with Gasteiger partial charge in [-0.25, -0.2) is 4.79 Å². The first-order chi connectivity index (χ1) is 14.9. The van der Waals surface area contributed by atoms with E-state index in [0.29, 0.717) is 12.8 Å². The summed E-state index contributed by atoms with van der Waals surface area (Å²) in [6.45, 7) is 3.61. The van der Waals surface area contributed by atoms with Gasteiger partial charge in [0, 0.05) is 12.5 Å². The molecule has 3 rings (SSSR count). The number of carboxylic acids is 1. The van der Waals surface area contributed by atoms with Crippen LogP contribution in [0, 0.1) is 5.92 Å². The largest absolute Gasteiger partial charge is 0.481 e. The molecule has 7 heteroatoms. The van der Waals surface area contributed by atoms with Crippen LogP contribution < -0.4 is 10.6 Å². The van der Waals surface area contributed by atoms with Crippen molar-refractivity contribution in [3.8, 4) is 11.1 Å². The van der Waals surface area contributed by atoms with Gasteiger partial charge in [-0.05, 0) is 35.6 Å². The van der Waals surface area contributed by atoms with Crippen LogP contribution in [0.15, 0.2) is 48.5 Å². The molecule has 1 aliphatic carbocycles. The van der Waals surface area contributed by atoms with Crippen molar-refractivity contribution in [3.63, 3.8) is 0 Å². The Labute approximate surface area is 181 Å². The number of aliphatic carboxylic acids is 1. The van der Waals surface area contributed by atoms with Crippen molar-refractivity contribution < 1.29 is 24.2 Å². The van der Waals surface area contributed by atoms with Crippen LogP contribution in [0.4, 0.5) is 4.79 Å². The van der Waals surface area contributed by atoms with Gasteiger partial charge in [-0.2, -0.15) is 0 Å². The number of benzene rings is 2. The van der Waals surface area contributed by atoms with Gasteiger partial charge >= 0.3 is 12.1 Å². The summed E-state index contributed by atoms with van der Waals surface area (Å²) in [4.78, 5) is 35.7. The first kappa shape index (κ1) is 22.3. The Kier molecular flexibility index (Phi) is 7.28. The molecule has 0 saturated heterocycles. The molecule has 0 heterocycles. The lowest BCUT2D eigenvalue weighted by atomic mass is 9.98. The summed E-state index contributed by atoms with van der Waals surface area (Å²) in [5, 5.41) is 14.3. The Morgan fingerprint density at radius 3 is 2.16 bits per heavy atom. The van der Waals surface area contributed by atoms with Crippen LogP contribution in [0.5, 0.6) is 0 Å². The van der Waals surface area contributed by atoms with E-state index in [-0.39, 0.29) is 19.1 Å². The highest BCUT2D eigenvalue weighted by Crippen LogP contribution is 2.44. The number of rotatable bonds is 9. The second-order valence-electron chi connectivity index (χ2n) is 7.76. The fourth-order valence-electron chi connectivity index (χ4n) is 3.92. The molecule has 164 valence electrons. The van der Waals surface area contributed by atoms with E-state index in [1.807, 2.05) is 43.3 Å². The summed E-state index contributed by atoms with van der Waals surface area (Å²) < 4.78 is 5.44. The van der Waals surface area contributed by atoms with Crippen molar-refractivity contribution in [1.29, 1.82) is 0 Å². The predicted molar refractivity (Wildman–Crippen MR) is 117 cm³/mol. The molecule has 2 aromatic carbocycles. The van der Waals surface area contributed by atoms with Gasteiger partial charge in [0.15, 0.2) is 0 Å². The summed E-state index contributed by atoms with van der Waals surface area (Å²) in [6.07, 6.45) is 0.498. The summed E-state index contributed by atoms with van der Waals surface area (Å²) in [5.41, 5.74) is 4.50. The molecule has 2 atom stereocenters. The highest BCUT2D eigenvalue weighted by molar-refractivity contribution is 5.85. The van der Waals surface area contributed by atoms with Crippen molar-refractivity contribution in [2.24, 2.45) is 5.92 Å². The SMILES string of the molecule is CCCC(CNC(=O)[C@@H](C)NC(=O)OCC1c2ccccc2-c2ccccc21)C(=O)O. The summed E-state index contributed by atoms with van der Waals surface area (Å²) in [6, 6.07) is 15.3. The zero-order valence-corrected chi connectivity index (χ0v) is 17.8. The number of carbonyl (C=O) groups is 3. The monoisotopic (exact) mass is 424 g/mol. The molecule has 2 aromatic rings. The van der Waals surface area contributed by atoms with Gasteiger partial charge < -0.3 is 20.5 Å². The van der Waals surface area contributed by atoms with Crippen molar-refractivity contribution in [3.05, 3.63) is 59.7 Å². The Bertz CT molecular complexity index is 913. The lowest BCUT2D eigenvalue weighted by molar-refractivity contribution is -0.142. The average molecular weight is 424 g/mol. The van der Waals surface area contributed by atoms with E-state index in [1.54, 1.807) is 0 Å². The molecule has 0 bridgehead atoms. The van der Waals surface area contributed by atoms with Crippen LogP contribution in [0.25, 0.3) is 11.1 Å². The predicted octanol–water partition coefficient (Wildman–Crippen LogP) is 3.53. The highest BCUT2D eigenvalue weighted by Gasteiger charge is 2.29. The van der Waals surface area contributed by atoms with Crippen molar-refractivity contribution in [2.45, 2.75) is 38.6 Å². The molecule has 0 spiro atoms. The molecular weight excluding hydrogens is 396 g/mol. The third-order valence-corrected chi connectivity index (χ3v) is 5.58. The fourth-order valence-corrected chi connectivity index (χ4v) is 3.92. The van der Waals surface area contributed by atoms with E-state index in [2.05, 4.69) is 22.8 Å². The van der Waals surface area contributed by atoms with Crippen molar-refractivity contribution in [2.75, 3.05) is 13.2 Å². The van der Waals surface area contributed by atoms with Crippen LogP contribution in [-0.2, 0) is 14.3 Å². The van der Waals surface area contributed by atoms with Gasteiger partial charge in [-0.3, -0.25) is 9.59 Å². The first-order valence-corrected chi connectivity index (χ1v) is 10.5. The van der Waals surface area contributed by atoms with E-state index in [9.17, 15) is 19.5 Å². The molecule has 0 aromatic heterocycles. The zero-order valence-electron chi connectivity index (χ0n) is 17.8. The van der Waals surface area contributed by atoms with Gasteiger partial charge in [-0.1, -0.05) is 61.9 Å². The average Bonchev–Trinajstić information content (AvgIpc) is 3.08. The Hall–Kier alpha value is -3.35. The van der Waals surface area contributed by atoms with Gasteiger partial charge in [0.05, 0.1) is 5.92 Å². The van der Waals surface area contributed by atoms with Crippen LogP contribution in [0.1, 0.15) is 43.7 Å². The molecule has 3 N–H and O–H groups in total. The van der Waals surface area contributed by atoms with Crippen molar-refractivity contribution >= 4 is 18.0 Å². The van der Waals surface area contributed by atoms with Gasteiger partial charge in [0.2, 0.25) is 5.91 Å². The number of carbonyl (C=O) groups excluding carboxylic acids is 2. The summed E-state index contributed by atoms with van der Waals surface area (Å²) in [5.74, 6) is -2.10. The number of hydrogen-bond donors (Lipinski definition) is 3. The summed E-state index contributed by atoms with van der Waals surface area (Å²) in [7, 11) is 0. The third-order valence-electron chi connectivity index (χ3n) is 5.58. The van der Waals surface area contributed by atoms with Gasteiger partial charge in [0.1, 0.15) is 12.6 Å². The maximum absolute atomic E-state index is 12.3. The molecule has 0 aliphatic heterocycles. The molecule has 2 amide bonds. The lowest BCUT2D eigenvalue weighted by Crippen LogP contribution is -2.46. The van der Waals surface area contributed by atoms with Gasteiger partial charge in [-0.15, -0.1) is 0 Å². The van der Waals surface area contributed by atoms with Crippen LogP contribution >= 0.6 is 0 Å². The van der Waals surface area contributed by atoms with Crippen LogP contribution in [0.2, 0.25) is 0 Å². The maximum atomic E-state index is 12.3. The number of carboxylic acid groups (broad SMARTS) is 1. The lowest BCUT2D eigenvalue weighted by Gasteiger charge is -2.18. The summed E-state index contributed by atoms with van der Waals surface area (Å²) >= 11 is 0. The van der Waals surface area contributed by atoms with Crippen LogP contribution in [-0.4, -0.2) is 42.3 Å². The fraction of sp³-hybridized carbons (Fsp3) is 0.375. The van der Waals surface area contributed by atoms with Crippen LogP contribution in [0.3, 0.4) is 0 Å². The van der Waals surface area contributed by atoms with E-state index in [1.165, 1.54) is 6.92 Å². The molecule has 31 heavy (non-hydrogen) atoms. The zero-order chi connectivity index (χ0) is 22.4. The second-order valence-corrected chi connectivity index (χ2v) is 7.76. The maximum Gasteiger partial charge on any atom is 0.407 e. The Morgan fingerprint density at radius 2 is 1.61 bits per heavy atom. The minimum atomic E-state index is -0.945. The molecule has 0 saturated carbocycles. The second kappa shape index (κ2) is 10.1. The minimum absolute atomic E-state index is 0.0265. The van der Waals surface area contributed by atoms with E-state index in [4.69, 9.17) is 4.74 Å². The van der Waals surface area contributed by atoms with E-state index in [0.717, 1.165) is 22.3 Å². The minimum Gasteiger partial charge on any atom is -0.481 e. The number of ether oxygens (including phenoxy) is 1. The third kappa shape index (κ3) is 5.23. The quantitative estimate of drug-likeness (QED) is 0.571. The first-order valence-electron chi connectivity index (χ1n) is 10.5. The highest BCUT2D eigenvalue weighted by atomic mass is 16.5. The number of nitrogens with one attached hydrogen (secondary N) is 2. The number of hydrogen-bond acceptors (Lipinski definition) is 4. The van der Waals surface area contributed by atoms with Gasteiger partial charge in [0.25, 0.3) is 0 Å².